The van der Waals surface area contributed by atoms with Crippen molar-refractivity contribution in [1.82, 2.24) is 4.98 Å². The fraction of sp³-hybridized carbons (Fsp3) is 0.0833. The normalized spacial score (nSPS) is 11.6. The number of halogens is 4. The number of alkyl halides is 3. The van der Waals surface area contributed by atoms with Gasteiger partial charge in [-0.05, 0) is 17.7 Å². The summed E-state index contributed by atoms with van der Waals surface area (Å²) in [5.74, 6) is -0.462. The third-order valence-electron chi connectivity index (χ3n) is 2.40. The van der Waals surface area contributed by atoms with Crippen LogP contribution >= 0.6 is 11.6 Å². The molecule has 0 atom stereocenters. The molecule has 2 nitrogen and oxygen atoms in total. The molecular formula is C12H7ClF3NO. The molecule has 6 heteroatoms. The molecule has 1 aromatic carbocycles. The van der Waals surface area contributed by atoms with E-state index in [2.05, 4.69) is 4.98 Å². The lowest BCUT2D eigenvalue weighted by molar-refractivity contribution is -0.137. The van der Waals surface area contributed by atoms with Crippen molar-refractivity contribution in [2.45, 2.75) is 6.18 Å². The Labute approximate surface area is 106 Å². The van der Waals surface area contributed by atoms with Gasteiger partial charge in [-0.2, -0.15) is 13.2 Å². The third-order valence-corrected chi connectivity index (χ3v) is 2.68. The average Bonchev–Trinajstić information content (AvgIpc) is 2.32. The summed E-state index contributed by atoms with van der Waals surface area (Å²) in [4.78, 5) is 3.59. The summed E-state index contributed by atoms with van der Waals surface area (Å²) in [5.41, 5.74) is -0.961. The SMILES string of the molecule is Oc1c(-c2ccccc2C(F)(F)F)ccnc1Cl. The molecule has 1 N–H and O–H groups in total. The second-order valence-electron chi connectivity index (χ2n) is 3.54. The quantitative estimate of drug-likeness (QED) is 0.793. The van der Waals surface area contributed by atoms with E-state index in [9.17, 15) is 18.3 Å². The molecule has 0 aliphatic heterocycles. The Bertz CT molecular complexity index is 584. The van der Waals surface area contributed by atoms with Gasteiger partial charge >= 0.3 is 6.18 Å². The van der Waals surface area contributed by atoms with Crippen LogP contribution in [0, 0.1) is 0 Å². The van der Waals surface area contributed by atoms with Gasteiger partial charge in [0, 0.05) is 11.8 Å². The predicted octanol–water partition coefficient (Wildman–Crippen LogP) is 4.13. The predicted molar refractivity (Wildman–Crippen MR) is 61.3 cm³/mol. The van der Waals surface area contributed by atoms with E-state index < -0.39 is 17.5 Å². The molecule has 0 aliphatic rings. The zero-order valence-corrected chi connectivity index (χ0v) is 9.63. The lowest BCUT2D eigenvalue weighted by Crippen LogP contribution is -2.06. The highest BCUT2D eigenvalue weighted by Gasteiger charge is 2.33. The highest BCUT2D eigenvalue weighted by molar-refractivity contribution is 6.31. The van der Waals surface area contributed by atoms with Crippen LogP contribution in [0.5, 0.6) is 5.75 Å². The average molecular weight is 274 g/mol. The maximum Gasteiger partial charge on any atom is 0.417 e. The van der Waals surface area contributed by atoms with Crippen LogP contribution in [-0.4, -0.2) is 10.1 Å². The van der Waals surface area contributed by atoms with Gasteiger partial charge in [-0.3, -0.25) is 0 Å². The zero-order chi connectivity index (χ0) is 13.3. The number of hydrogen-bond donors (Lipinski definition) is 1. The van der Waals surface area contributed by atoms with Gasteiger partial charge in [-0.15, -0.1) is 0 Å². The summed E-state index contributed by atoms with van der Waals surface area (Å²) in [7, 11) is 0. The lowest BCUT2D eigenvalue weighted by Gasteiger charge is -2.13. The van der Waals surface area contributed by atoms with Gasteiger partial charge in [0.1, 0.15) is 0 Å². The van der Waals surface area contributed by atoms with Gasteiger partial charge in [-0.25, -0.2) is 4.98 Å². The Kier molecular flexibility index (Phi) is 3.17. The van der Waals surface area contributed by atoms with Crippen molar-refractivity contribution in [1.29, 1.82) is 0 Å². The first-order valence-electron chi connectivity index (χ1n) is 4.91. The first kappa shape index (κ1) is 12.7. The Morgan fingerprint density at radius 1 is 1.06 bits per heavy atom. The van der Waals surface area contributed by atoms with E-state index in [4.69, 9.17) is 11.6 Å². The molecule has 0 radical (unpaired) electrons. The summed E-state index contributed by atoms with van der Waals surface area (Å²) >= 11 is 5.59. The lowest BCUT2D eigenvalue weighted by atomic mass is 10.00. The highest BCUT2D eigenvalue weighted by atomic mass is 35.5. The monoisotopic (exact) mass is 273 g/mol. The van der Waals surface area contributed by atoms with Crippen LogP contribution < -0.4 is 0 Å². The fourth-order valence-corrected chi connectivity index (χ4v) is 1.77. The van der Waals surface area contributed by atoms with Crippen molar-refractivity contribution in [3.05, 3.63) is 47.2 Å². The molecule has 94 valence electrons. The van der Waals surface area contributed by atoms with Crippen LogP contribution in [0.1, 0.15) is 5.56 Å². The summed E-state index contributed by atoms with van der Waals surface area (Å²) < 4.78 is 38.5. The maximum atomic E-state index is 12.8. The molecule has 2 aromatic rings. The molecule has 2 rings (SSSR count). The standard InChI is InChI=1S/C12H7ClF3NO/c13-11-10(18)8(5-6-17-11)7-3-1-2-4-9(7)12(14,15)16/h1-6,18H. The van der Waals surface area contributed by atoms with E-state index in [1.54, 1.807) is 0 Å². The van der Waals surface area contributed by atoms with Crippen LogP contribution in [0.3, 0.4) is 0 Å². The number of nitrogens with zero attached hydrogens (tertiary/aromatic N) is 1. The van der Waals surface area contributed by atoms with Crippen LogP contribution in [0.15, 0.2) is 36.5 Å². The summed E-state index contributed by atoms with van der Waals surface area (Å²) in [6.45, 7) is 0. The summed E-state index contributed by atoms with van der Waals surface area (Å²) in [6.07, 6.45) is -3.26. The van der Waals surface area contributed by atoms with Crippen LogP contribution in [-0.2, 0) is 6.18 Å². The van der Waals surface area contributed by atoms with Crippen LogP contribution in [0.2, 0.25) is 5.15 Å². The number of hydrogen-bond acceptors (Lipinski definition) is 2. The molecular weight excluding hydrogens is 267 g/mol. The van der Waals surface area contributed by atoms with Gasteiger partial charge in [0.25, 0.3) is 0 Å². The van der Waals surface area contributed by atoms with Gasteiger partial charge in [0.05, 0.1) is 5.56 Å². The smallest absolute Gasteiger partial charge is 0.417 e. The first-order chi connectivity index (χ1) is 8.41. The number of rotatable bonds is 1. The Morgan fingerprint density at radius 3 is 2.39 bits per heavy atom. The molecule has 0 aliphatic carbocycles. The molecule has 0 unspecified atom stereocenters. The molecule has 0 fully saturated rings. The van der Waals surface area contributed by atoms with Crippen LogP contribution in [0.4, 0.5) is 13.2 Å². The van der Waals surface area contributed by atoms with E-state index >= 15 is 0 Å². The van der Waals surface area contributed by atoms with Crippen molar-refractivity contribution < 1.29 is 18.3 Å². The number of benzene rings is 1. The van der Waals surface area contributed by atoms with E-state index in [1.165, 1.54) is 30.5 Å². The Hall–Kier alpha value is -1.75. The van der Waals surface area contributed by atoms with Crippen molar-refractivity contribution in [2.24, 2.45) is 0 Å². The molecule has 0 spiro atoms. The van der Waals surface area contributed by atoms with E-state index in [0.29, 0.717) is 0 Å². The van der Waals surface area contributed by atoms with Gasteiger partial charge in [-0.1, -0.05) is 29.8 Å². The zero-order valence-electron chi connectivity index (χ0n) is 8.87. The minimum Gasteiger partial charge on any atom is -0.504 e. The molecule has 0 bridgehead atoms. The van der Waals surface area contributed by atoms with Crippen molar-refractivity contribution in [3.63, 3.8) is 0 Å². The topological polar surface area (TPSA) is 33.1 Å². The number of pyridine rings is 1. The second-order valence-corrected chi connectivity index (χ2v) is 3.90. The number of aromatic nitrogens is 1. The fourth-order valence-electron chi connectivity index (χ4n) is 1.61. The minimum atomic E-state index is -4.50. The minimum absolute atomic E-state index is 0.00271. The first-order valence-corrected chi connectivity index (χ1v) is 5.29. The van der Waals surface area contributed by atoms with E-state index in [-0.39, 0.29) is 16.3 Å². The number of aromatic hydroxyl groups is 1. The molecule has 0 saturated heterocycles. The van der Waals surface area contributed by atoms with Crippen molar-refractivity contribution in [3.8, 4) is 16.9 Å². The van der Waals surface area contributed by atoms with Gasteiger partial charge in [0.2, 0.25) is 0 Å². The third kappa shape index (κ3) is 2.26. The van der Waals surface area contributed by atoms with Gasteiger partial charge in [0.15, 0.2) is 10.9 Å². The highest BCUT2D eigenvalue weighted by Crippen LogP contribution is 2.41. The largest absolute Gasteiger partial charge is 0.504 e. The van der Waals surface area contributed by atoms with E-state index in [0.717, 1.165) is 6.07 Å². The Morgan fingerprint density at radius 2 is 1.72 bits per heavy atom. The second kappa shape index (κ2) is 4.49. The Balaban J connectivity index is 2.69. The molecule has 1 heterocycles. The van der Waals surface area contributed by atoms with E-state index in [1.807, 2.05) is 0 Å². The molecule has 0 saturated carbocycles. The molecule has 0 amide bonds. The summed E-state index contributed by atoms with van der Waals surface area (Å²) in [5, 5.41) is 9.45. The van der Waals surface area contributed by atoms with Crippen LogP contribution in [0.25, 0.3) is 11.1 Å². The summed E-state index contributed by atoms with van der Waals surface area (Å²) in [6, 6.07) is 6.24. The van der Waals surface area contributed by atoms with Gasteiger partial charge < -0.3 is 5.11 Å². The molecule has 1 aromatic heterocycles. The molecule has 18 heavy (non-hydrogen) atoms. The maximum absolute atomic E-state index is 12.8. The van der Waals surface area contributed by atoms with Crippen molar-refractivity contribution >= 4 is 11.6 Å². The van der Waals surface area contributed by atoms with Crippen molar-refractivity contribution in [2.75, 3.05) is 0 Å².